The number of rotatable bonds is 3. The number of aryl methyl sites for hydroxylation is 2. The standard InChI is InChI=1S/C15H18N2S/c1-10-4-7-15(11(2)8-10)18-13-5-6-14(12(3)16)17-9-13/h4-9,12H,16H2,1-3H3/t12-/m1/s1. The highest BCUT2D eigenvalue weighted by Crippen LogP contribution is 2.30. The van der Waals surface area contributed by atoms with E-state index < -0.39 is 0 Å². The molecule has 1 heterocycles. The molecule has 0 amide bonds. The van der Waals surface area contributed by atoms with Crippen LogP contribution < -0.4 is 5.73 Å². The second-order valence-electron chi connectivity index (χ2n) is 4.58. The number of pyridine rings is 1. The molecule has 0 aliphatic carbocycles. The molecule has 3 heteroatoms. The number of aromatic nitrogens is 1. The third-order valence-electron chi connectivity index (χ3n) is 2.78. The summed E-state index contributed by atoms with van der Waals surface area (Å²) in [6, 6.07) is 10.6. The lowest BCUT2D eigenvalue weighted by atomic mass is 10.2. The smallest absolute Gasteiger partial charge is 0.0569 e. The Labute approximate surface area is 113 Å². The Morgan fingerprint density at radius 1 is 1.17 bits per heavy atom. The van der Waals surface area contributed by atoms with Crippen molar-refractivity contribution in [3.8, 4) is 0 Å². The van der Waals surface area contributed by atoms with E-state index in [1.54, 1.807) is 11.8 Å². The predicted molar refractivity (Wildman–Crippen MR) is 76.9 cm³/mol. The van der Waals surface area contributed by atoms with Gasteiger partial charge >= 0.3 is 0 Å². The van der Waals surface area contributed by atoms with Gasteiger partial charge in [0.15, 0.2) is 0 Å². The third-order valence-corrected chi connectivity index (χ3v) is 3.94. The molecule has 1 aromatic heterocycles. The molecule has 2 aromatic rings. The quantitative estimate of drug-likeness (QED) is 0.908. The first-order chi connectivity index (χ1) is 8.56. The van der Waals surface area contributed by atoms with Crippen molar-refractivity contribution in [3.63, 3.8) is 0 Å². The SMILES string of the molecule is Cc1ccc(Sc2ccc([C@@H](C)N)nc2)c(C)c1. The van der Waals surface area contributed by atoms with Crippen LogP contribution in [0.5, 0.6) is 0 Å². The van der Waals surface area contributed by atoms with E-state index in [0.29, 0.717) is 0 Å². The molecular weight excluding hydrogens is 240 g/mol. The van der Waals surface area contributed by atoms with Gasteiger partial charge in [-0.15, -0.1) is 0 Å². The number of nitrogens with two attached hydrogens (primary N) is 1. The Bertz CT molecular complexity index is 533. The molecule has 1 atom stereocenters. The van der Waals surface area contributed by atoms with Crippen LogP contribution >= 0.6 is 11.8 Å². The molecule has 94 valence electrons. The van der Waals surface area contributed by atoms with Crippen molar-refractivity contribution in [3.05, 3.63) is 53.3 Å². The Morgan fingerprint density at radius 3 is 2.50 bits per heavy atom. The summed E-state index contributed by atoms with van der Waals surface area (Å²) < 4.78 is 0. The number of hydrogen-bond donors (Lipinski definition) is 1. The van der Waals surface area contributed by atoms with Gasteiger partial charge in [0, 0.05) is 22.0 Å². The van der Waals surface area contributed by atoms with E-state index in [4.69, 9.17) is 5.73 Å². The first-order valence-electron chi connectivity index (χ1n) is 6.03. The number of nitrogens with zero attached hydrogens (tertiary/aromatic N) is 1. The molecule has 0 radical (unpaired) electrons. The second-order valence-corrected chi connectivity index (χ2v) is 5.69. The van der Waals surface area contributed by atoms with E-state index in [0.717, 1.165) is 10.6 Å². The van der Waals surface area contributed by atoms with Crippen LogP contribution in [0.3, 0.4) is 0 Å². The minimum absolute atomic E-state index is 0.00911. The monoisotopic (exact) mass is 258 g/mol. The number of hydrogen-bond acceptors (Lipinski definition) is 3. The number of benzene rings is 1. The topological polar surface area (TPSA) is 38.9 Å². The first kappa shape index (κ1) is 13.1. The van der Waals surface area contributed by atoms with Crippen LogP contribution in [0, 0.1) is 13.8 Å². The largest absolute Gasteiger partial charge is 0.323 e. The zero-order valence-electron chi connectivity index (χ0n) is 11.0. The zero-order chi connectivity index (χ0) is 13.1. The van der Waals surface area contributed by atoms with Crippen molar-refractivity contribution < 1.29 is 0 Å². The maximum atomic E-state index is 5.79. The van der Waals surface area contributed by atoms with E-state index in [9.17, 15) is 0 Å². The van der Waals surface area contributed by atoms with Crippen molar-refractivity contribution in [2.75, 3.05) is 0 Å². The van der Waals surface area contributed by atoms with Crippen LogP contribution in [0.4, 0.5) is 0 Å². The van der Waals surface area contributed by atoms with Gasteiger partial charge in [-0.1, -0.05) is 29.5 Å². The van der Waals surface area contributed by atoms with Gasteiger partial charge in [0.2, 0.25) is 0 Å². The molecule has 0 aliphatic rings. The van der Waals surface area contributed by atoms with Crippen LogP contribution in [0.1, 0.15) is 29.8 Å². The summed E-state index contributed by atoms with van der Waals surface area (Å²) in [6.45, 7) is 6.19. The van der Waals surface area contributed by atoms with E-state index in [1.165, 1.54) is 16.0 Å². The van der Waals surface area contributed by atoms with E-state index in [2.05, 4.69) is 43.1 Å². The predicted octanol–water partition coefficient (Wildman–Crippen LogP) is 3.87. The third kappa shape index (κ3) is 3.12. The van der Waals surface area contributed by atoms with E-state index in [1.807, 2.05) is 19.2 Å². The van der Waals surface area contributed by atoms with Gasteiger partial charge in [0.1, 0.15) is 0 Å². The molecular formula is C15H18N2S. The van der Waals surface area contributed by atoms with E-state index in [-0.39, 0.29) is 6.04 Å². The Balaban J connectivity index is 2.18. The van der Waals surface area contributed by atoms with Gasteiger partial charge in [-0.3, -0.25) is 4.98 Å². The fourth-order valence-electron chi connectivity index (χ4n) is 1.76. The summed E-state index contributed by atoms with van der Waals surface area (Å²) in [5, 5.41) is 0. The zero-order valence-corrected chi connectivity index (χ0v) is 11.8. The van der Waals surface area contributed by atoms with Crippen molar-refractivity contribution in [1.82, 2.24) is 4.98 Å². The molecule has 2 N–H and O–H groups in total. The Kier molecular flexibility index (Phi) is 4.04. The fourth-order valence-corrected chi connectivity index (χ4v) is 2.61. The molecule has 0 unspecified atom stereocenters. The summed E-state index contributed by atoms with van der Waals surface area (Å²) in [4.78, 5) is 6.79. The maximum absolute atomic E-state index is 5.79. The van der Waals surface area contributed by atoms with E-state index >= 15 is 0 Å². The minimum Gasteiger partial charge on any atom is -0.323 e. The molecule has 0 saturated heterocycles. The van der Waals surface area contributed by atoms with Crippen molar-refractivity contribution in [2.45, 2.75) is 36.6 Å². The molecule has 0 spiro atoms. The van der Waals surface area contributed by atoms with Crippen LogP contribution in [-0.4, -0.2) is 4.98 Å². The normalized spacial score (nSPS) is 12.4. The summed E-state index contributed by atoms with van der Waals surface area (Å²) >= 11 is 1.74. The lowest BCUT2D eigenvalue weighted by Crippen LogP contribution is -2.06. The fraction of sp³-hybridized carbons (Fsp3) is 0.267. The molecule has 0 bridgehead atoms. The Morgan fingerprint density at radius 2 is 1.94 bits per heavy atom. The summed E-state index contributed by atoms with van der Waals surface area (Å²) in [6.07, 6.45) is 1.89. The summed E-state index contributed by atoms with van der Waals surface area (Å²) in [5.74, 6) is 0. The van der Waals surface area contributed by atoms with Crippen molar-refractivity contribution >= 4 is 11.8 Å². The summed E-state index contributed by atoms with van der Waals surface area (Å²) in [5.41, 5.74) is 9.31. The Hall–Kier alpha value is -1.32. The average Bonchev–Trinajstić information content (AvgIpc) is 2.33. The molecule has 1 aromatic carbocycles. The first-order valence-corrected chi connectivity index (χ1v) is 6.84. The highest BCUT2D eigenvalue weighted by atomic mass is 32.2. The van der Waals surface area contributed by atoms with Crippen LogP contribution in [0.25, 0.3) is 0 Å². The van der Waals surface area contributed by atoms with Crippen molar-refractivity contribution in [2.24, 2.45) is 5.73 Å². The van der Waals surface area contributed by atoms with Crippen LogP contribution in [-0.2, 0) is 0 Å². The highest BCUT2D eigenvalue weighted by molar-refractivity contribution is 7.99. The lowest BCUT2D eigenvalue weighted by molar-refractivity contribution is 0.777. The van der Waals surface area contributed by atoms with Gasteiger partial charge in [-0.05, 0) is 44.5 Å². The van der Waals surface area contributed by atoms with Gasteiger partial charge in [0.25, 0.3) is 0 Å². The lowest BCUT2D eigenvalue weighted by Gasteiger charge is -2.08. The van der Waals surface area contributed by atoms with Gasteiger partial charge in [0.05, 0.1) is 5.69 Å². The summed E-state index contributed by atoms with van der Waals surface area (Å²) in [7, 11) is 0. The molecule has 0 saturated carbocycles. The van der Waals surface area contributed by atoms with Gasteiger partial charge in [-0.2, -0.15) is 0 Å². The van der Waals surface area contributed by atoms with Crippen LogP contribution in [0.2, 0.25) is 0 Å². The molecule has 0 fully saturated rings. The minimum atomic E-state index is -0.00911. The molecule has 2 nitrogen and oxygen atoms in total. The molecule has 2 rings (SSSR count). The average molecular weight is 258 g/mol. The molecule has 18 heavy (non-hydrogen) atoms. The highest BCUT2D eigenvalue weighted by Gasteiger charge is 2.04. The second kappa shape index (κ2) is 5.55. The van der Waals surface area contributed by atoms with Gasteiger partial charge in [-0.25, -0.2) is 0 Å². The maximum Gasteiger partial charge on any atom is 0.0569 e. The van der Waals surface area contributed by atoms with Crippen LogP contribution in [0.15, 0.2) is 46.3 Å². The molecule has 0 aliphatic heterocycles. The van der Waals surface area contributed by atoms with Gasteiger partial charge < -0.3 is 5.73 Å². The van der Waals surface area contributed by atoms with Crippen molar-refractivity contribution in [1.29, 1.82) is 0 Å².